The Balaban J connectivity index is 1.80. The number of hydrogen-bond acceptors (Lipinski definition) is 6. The number of amides is 1. The van der Waals surface area contributed by atoms with E-state index in [9.17, 15) is 9.59 Å². The van der Waals surface area contributed by atoms with Crippen molar-refractivity contribution < 1.29 is 9.53 Å². The lowest BCUT2D eigenvalue weighted by molar-refractivity contribution is -0.113. The van der Waals surface area contributed by atoms with Crippen LogP contribution in [0.4, 0.5) is 5.69 Å². The Morgan fingerprint density at radius 2 is 2.11 bits per heavy atom. The van der Waals surface area contributed by atoms with Gasteiger partial charge in [-0.3, -0.25) is 14.2 Å². The molecule has 0 spiro atoms. The van der Waals surface area contributed by atoms with E-state index in [4.69, 9.17) is 4.74 Å². The van der Waals surface area contributed by atoms with Crippen LogP contribution in [0.15, 0.2) is 34.2 Å². The van der Waals surface area contributed by atoms with E-state index in [0.29, 0.717) is 22.0 Å². The number of para-hydroxylation sites is 2. The number of aromatic nitrogens is 2. The third kappa shape index (κ3) is 3.86. The Morgan fingerprint density at radius 3 is 2.81 bits per heavy atom. The number of anilines is 1. The minimum atomic E-state index is -0.185. The fourth-order valence-corrected chi connectivity index (χ4v) is 4.82. The molecule has 1 amide bonds. The SMILES string of the molecule is CCc1c(C)sc2nc(SCC(=O)Nc3ccccc3OC)n(C)c(=O)c12. The van der Waals surface area contributed by atoms with Gasteiger partial charge in [-0.15, -0.1) is 11.3 Å². The summed E-state index contributed by atoms with van der Waals surface area (Å²) in [4.78, 5) is 31.6. The molecular weight excluding hydrogens is 382 g/mol. The van der Waals surface area contributed by atoms with Crippen LogP contribution in [0.1, 0.15) is 17.4 Å². The molecular formula is C19H21N3O3S2. The number of methoxy groups -OCH3 is 1. The molecule has 2 heterocycles. The van der Waals surface area contributed by atoms with Crippen molar-refractivity contribution in [3.8, 4) is 5.75 Å². The summed E-state index contributed by atoms with van der Waals surface area (Å²) in [6.07, 6.45) is 0.802. The number of carbonyl (C=O) groups excluding carboxylic acids is 1. The number of nitrogens with zero attached hydrogens (tertiary/aromatic N) is 2. The fraction of sp³-hybridized carbons (Fsp3) is 0.316. The Labute approximate surface area is 165 Å². The van der Waals surface area contributed by atoms with Crippen molar-refractivity contribution in [3.05, 3.63) is 45.1 Å². The molecule has 0 atom stereocenters. The molecule has 1 N–H and O–H groups in total. The third-order valence-electron chi connectivity index (χ3n) is 4.26. The van der Waals surface area contributed by atoms with Crippen molar-refractivity contribution in [2.45, 2.75) is 25.4 Å². The van der Waals surface area contributed by atoms with E-state index in [-0.39, 0.29) is 17.2 Å². The molecule has 0 radical (unpaired) electrons. The van der Waals surface area contributed by atoms with Gasteiger partial charge in [0.2, 0.25) is 5.91 Å². The predicted octanol–water partition coefficient (Wildman–Crippen LogP) is 3.61. The minimum Gasteiger partial charge on any atom is -0.495 e. The first-order valence-corrected chi connectivity index (χ1v) is 10.3. The topological polar surface area (TPSA) is 73.2 Å². The summed E-state index contributed by atoms with van der Waals surface area (Å²) in [5.74, 6) is 0.564. The summed E-state index contributed by atoms with van der Waals surface area (Å²) in [5, 5.41) is 4.06. The van der Waals surface area contributed by atoms with Gasteiger partial charge in [-0.2, -0.15) is 0 Å². The average Bonchev–Trinajstić information content (AvgIpc) is 2.99. The van der Waals surface area contributed by atoms with E-state index < -0.39 is 0 Å². The van der Waals surface area contributed by atoms with Crippen molar-refractivity contribution in [3.63, 3.8) is 0 Å². The number of benzene rings is 1. The van der Waals surface area contributed by atoms with Crippen LogP contribution in [0.3, 0.4) is 0 Å². The molecule has 1 aromatic carbocycles. The monoisotopic (exact) mass is 403 g/mol. The summed E-state index contributed by atoms with van der Waals surface area (Å²) in [5.41, 5.74) is 1.62. The maximum Gasteiger partial charge on any atom is 0.262 e. The van der Waals surface area contributed by atoms with Gasteiger partial charge >= 0.3 is 0 Å². The maximum absolute atomic E-state index is 12.8. The van der Waals surface area contributed by atoms with Crippen LogP contribution in [0.5, 0.6) is 5.75 Å². The molecule has 0 aliphatic rings. The number of hydrogen-bond donors (Lipinski definition) is 1. The van der Waals surface area contributed by atoms with Gasteiger partial charge in [0.25, 0.3) is 5.56 Å². The van der Waals surface area contributed by atoms with Gasteiger partial charge < -0.3 is 10.1 Å². The predicted molar refractivity (Wildman–Crippen MR) is 111 cm³/mol. The molecule has 0 aliphatic carbocycles. The summed E-state index contributed by atoms with van der Waals surface area (Å²) in [7, 11) is 3.25. The highest BCUT2D eigenvalue weighted by molar-refractivity contribution is 7.99. The van der Waals surface area contributed by atoms with E-state index in [0.717, 1.165) is 21.7 Å². The summed E-state index contributed by atoms with van der Waals surface area (Å²) >= 11 is 2.77. The van der Waals surface area contributed by atoms with E-state index in [1.165, 1.54) is 27.7 Å². The number of carbonyl (C=O) groups is 1. The van der Waals surface area contributed by atoms with Crippen molar-refractivity contribution in [1.29, 1.82) is 0 Å². The van der Waals surface area contributed by atoms with Gasteiger partial charge in [0.05, 0.1) is 23.9 Å². The number of rotatable bonds is 6. The lowest BCUT2D eigenvalue weighted by atomic mass is 10.1. The van der Waals surface area contributed by atoms with Gasteiger partial charge in [-0.05, 0) is 31.0 Å². The highest BCUT2D eigenvalue weighted by Crippen LogP contribution is 2.29. The first-order chi connectivity index (χ1) is 13.0. The summed E-state index contributed by atoms with van der Waals surface area (Å²) in [6, 6.07) is 7.23. The first kappa shape index (κ1) is 19.4. The second-order valence-electron chi connectivity index (χ2n) is 5.97. The molecule has 8 heteroatoms. The fourth-order valence-electron chi connectivity index (χ4n) is 2.90. The number of ether oxygens (including phenoxy) is 1. The van der Waals surface area contributed by atoms with Gasteiger partial charge in [0.15, 0.2) is 5.16 Å². The molecule has 0 aliphatic heterocycles. The Morgan fingerprint density at radius 1 is 1.37 bits per heavy atom. The number of nitrogens with one attached hydrogen (secondary N) is 1. The summed E-state index contributed by atoms with van der Waals surface area (Å²) in [6.45, 7) is 4.05. The zero-order valence-electron chi connectivity index (χ0n) is 15.7. The average molecular weight is 404 g/mol. The lowest BCUT2D eigenvalue weighted by Gasteiger charge is -2.10. The van der Waals surface area contributed by atoms with E-state index in [1.54, 1.807) is 26.3 Å². The van der Waals surface area contributed by atoms with Crippen LogP contribution < -0.4 is 15.6 Å². The Bertz CT molecular complexity index is 1060. The van der Waals surface area contributed by atoms with Crippen molar-refractivity contribution in [2.24, 2.45) is 7.05 Å². The highest BCUT2D eigenvalue weighted by Gasteiger charge is 2.17. The normalized spacial score (nSPS) is 11.0. The summed E-state index contributed by atoms with van der Waals surface area (Å²) < 4.78 is 6.76. The Kier molecular flexibility index (Phi) is 5.86. The maximum atomic E-state index is 12.8. The molecule has 0 saturated heterocycles. The van der Waals surface area contributed by atoms with Crippen LogP contribution in [-0.4, -0.2) is 28.3 Å². The van der Waals surface area contributed by atoms with E-state index in [1.807, 2.05) is 26.0 Å². The number of aryl methyl sites for hydroxylation is 2. The number of thiophene rings is 1. The van der Waals surface area contributed by atoms with E-state index >= 15 is 0 Å². The van der Waals surface area contributed by atoms with Gasteiger partial charge in [-0.25, -0.2) is 4.98 Å². The third-order valence-corrected chi connectivity index (χ3v) is 6.33. The molecule has 142 valence electrons. The molecule has 27 heavy (non-hydrogen) atoms. The zero-order valence-corrected chi connectivity index (χ0v) is 17.3. The molecule has 3 aromatic rings. The molecule has 2 aromatic heterocycles. The van der Waals surface area contributed by atoms with Gasteiger partial charge in [0, 0.05) is 11.9 Å². The number of fused-ring (bicyclic) bond motifs is 1. The molecule has 0 unspecified atom stereocenters. The van der Waals surface area contributed by atoms with Gasteiger partial charge in [0.1, 0.15) is 10.6 Å². The van der Waals surface area contributed by atoms with Crippen LogP contribution in [-0.2, 0) is 18.3 Å². The molecule has 0 fully saturated rings. The van der Waals surface area contributed by atoms with Crippen LogP contribution in [0.2, 0.25) is 0 Å². The van der Waals surface area contributed by atoms with Gasteiger partial charge in [-0.1, -0.05) is 30.8 Å². The van der Waals surface area contributed by atoms with Crippen molar-refractivity contribution in [2.75, 3.05) is 18.2 Å². The highest BCUT2D eigenvalue weighted by atomic mass is 32.2. The largest absolute Gasteiger partial charge is 0.495 e. The second-order valence-corrected chi connectivity index (χ2v) is 8.11. The minimum absolute atomic E-state index is 0.0613. The molecule has 3 rings (SSSR count). The standard InChI is InChI=1S/C19H21N3O3S2/c1-5-12-11(2)27-17-16(12)18(24)22(3)19(21-17)26-10-15(23)20-13-8-6-7-9-14(13)25-4/h6-9H,5,10H2,1-4H3,(H,20,23). The van der Waals surface area contributed by atoms with Crippen LogP contribution in [0, 0.1) is 6.92 Å². The lowest BCUT2D eigenvalue weighted by Crippen LogP contribution is -2.21. The molecule has 0 bridgehead atoms. The van der Waals surface area contributed by atoms with Crippen molar-refractivity contribution >= 4 is 44.9 Å². The molecule has 6 nitrogen and oxygen atoms in total. The van der Waals surface area contributed by atoms with Crippen molar-refractivity contribution in [1.82, 2.24) is 9.55 Å². The number of thioether (sulfide) groups is 1. The Hall–Kier alpha value is -2.32. The zero-order chi connectivity index (χ0) is 19.6. The second kappa shape index (κ2) is 8.14. The first-order valence-electron chi connectivity index (χ1n) is 8.50. The van der Waals surface area contributed by atoms with E-state index in [2.05, 4.69) is 10.3 Å². The van der Waals surface area contributed by atoms with Crippen LogP contribution >= 0.6 is 23.1 Å². The quantitative estimate of drug-likeness (QED) is 0.503. The molecule has 0 saturated carbocycles. The van der Waals surface area contributed by atoms with Crippen LogP contribution in [0.25, 0.3) is 10.2 Å². The smallest absolute Gasteiger partial charge is 0.262 e.